The van der Waals surface area contributed by atoms with Gasteiger partial charge < -0.3 is 9.47 Å². The molecule has 0 aliphatic carbocycles. The molecule has 0 N–H and O–H groups in total. The van der Waals surface area contributed by atoms with Crippen LogP contribution < -0.4 is 9.47 Å². The van der Waals surface area contributed by atoms with Crippen molar-refractivity contribution >= 4 is 22.7 Å². The number of ether oxygens (including phenoxy) is 2. The summed E-state index contributed by atoms with van der Waals surface area (Å²) in [6.45, 7) is 3.08. The molecule has 2 aromatic carbocycles. The Labute approximate surface area is 151 Å². The van der Waals surface area contributed by atoms with Crippen molar-refractivity contribution in [3.05, 3.63) is 83.3 Å². The second-order valence-corrected chi connectivity index (χ2v) is 6.20. The average molecular weight is 344 g/mol. The number of ketones is 2. The topological polar surface area (TPSA) is 52.6 Å². The highest BCUT2D eigenvalue weighted by Crippen LogP contribution is 2.41. The monoisotopic (exact) mass is 344 g/mol. The molecule has 0 unspecified atom stereocenters. The number of fused-ring (bicyclic) bond motifs is 2. The van der Waals surface area contributed by atoms with Crippen LogP contribution in [0.25, 0.3) is 11.1 Å². The van der Waals surface area contributed by atoms with Gasteiger partial charge in [-0.05, 0) is 73.5 Å². The maximum atomic E-state index is 11.8. The fraction of sp³-hybridized carbons (Fsp3) is 0.0909. The average Bonchev–Trinajstić information content (AvgIpc) is 2.66. The molecule has 2 aromatic rings. The highest BCUT2D eigenvalue weighted by Gasteiger charge is 2.21. The number of allylic oxidation sites excluding steroid dienone is 4. The van der Waals surface area contributed by atoms with E-state index in [1.807, 2.05) is 24.3 Å². The van der Waals surface area contributed by atoms with Crippen LogP contribution in [0.4, 0.5) is 0 Å². The summed E-state index contributed by atoms with van der Waals surface area (Å²) in [7, 11) is 0. The number of carbonyl (C=O) groups excluding carboxylic acids is 2. The third kappa shape index (κ3) is 2.65. The van der Waals surface area contributed by atoms with E-state index >= 15 is 0 Å². The number of Topliss-reactive ketones (excluding diaryl/α,β-unsaturated/α-hetero) is 2. The molecule has 0 fully saturated rings. The fourth-order valence-electron chi connectivity index (χ4n) is 3.12. The maximum absolute atomic E-state index is 11.8. The lowest BCUT2D eigenvalue weighted by Gasteiger charge is -2.21. The molecule has 2 heterocycles. The Morgan fingerprint density at radius 2 is 1.12 bits per heavy atom. The lowest BCUT2D eigenvalue weighted by atomic mass is 9.89. The van der Waals surface area contributed by atoms with E-state index in [1.165, 1.54) is 13.8 Å². The van der Waals surface area contributed by atoms with Crippen molar-refractivity contribution < 1.29 is 19.1 Å². The smallest absolute Gasteiger partial charge is 0.159 e. The van der Waals surface area contributed by atoms with E-state index in [1.54, 1.807) is 36.8 Å². The van der Waals surface area contributed by atoms with E-state index in [2.05, 4.69) is 0 Å². The molecule has 0 bridgehead atoms. The summed E-state index contributed by atoms with van der Waals surface area (Å²) in [6.07, 6.45) is 6.97. The minimum Gasteiger partial charge on any atom is -0.464 e. The molecule has 0 spiro atoms. The molecule has 0 saturated heterocycles. The Morgan fingerprint density at radius 1 is 0.692 bits per heavy atom. The Kier molecular flexibility index (Phi) is 3.81. The fourth-order valence-corrected chi connectivity index (χ4v) is 3.12. The van der Waals surface area contributed by atoms with Crippen molar-refractivity contribution in [2.45, 2.75) is 13.8 Å². The summed E-state index contributed by atoms with van der Waals surface area (Å²) in [5.41, 5.74) is 4.73. The SMILES string of the molecule is CC(=O)c1ccc2c(c1)C(=C1C=COc3ccc(C(C)=O)cc31)C=CO2. The molecule has 4 rings (SSSR count). The highest BCUT2D eigenvalue weighted by molar-refractivity contribution is 6.05. The van der Waals surface area contributed by atoms with E-state index < -0.39 is 0 Å². The Morgan fingerprint density at radius 3 is 1.50 bits per heavy atom. The van der Waals surface area contributed by atoms with Gasteiger partial charge in [-0.1, -0.05) is 0 Å². The van der Waals surface area contributed by atoms with Crippen molar-refractivity contribution in [2.75, 3.05) is 0 Å². The maximum Gasteiger partial charge on any atom is 0.159 e. The van der Waals surface area contributed by atoms with Crippen molar-refractivity contribution in [2.24, 2.45) is 0 Å². The van der Waals surface area contributed by atoms with Gasteiger partial charge in [-0.3, -0.25) is 9.59 Å². The van der Waals surface area contributed by atoms with Crippen LogP contribution in [-0.4, -0.2) is 11.6 Å². The zero-order valence-corrected chi connectivity index (χ0v) is 14.4. The third-order valence-electron chi connectivity index (χ3n) is 4.50. The van der Waals surface area contributed by atoms with Gasteiger partial charge in [-0.25, -0.2) is 0 Å². The van der Waals surface area contributed by atoms with Gasteiger partial charge in [0.15, 0.2) is 11.6 Å². The standard InChI is InChI=1S/C22H16O4/c1-13(23)15-3-5-21-19(11-15)17(7-9-25-21)18-8-10-26-22-6-4-16(14(2)24)12-20(18)22/h3-12H,1-2H3. The number of carbonyl (C=O) groups is 2. The number of hydrogen-bond acceptors (Lipinski definition) is 4. The molecule has 4 nitrogen and oxygen atoms in total. The molecule has 2 aliphatic heterocycles. The van der Waals surface area contributed by atoms with Crippen molar-refractivity contribution in [1.82, 2.24) is 0 Å². The van der Waals surface area contributed by atoms with Gasteiger partial charge in [0, 0.05) is 22.3 Å². The summed E-state index contributed by atoms with van der Waals surface area (Å²) in [4.78, 5) is 23.6. The lowest BCUT2D eigenvalue weighted by molar-refractivity contribution is 0.100. The second kappa shape index (κ2) is 6.15. The number of benzene rings is 2. The largest absolute Gasteiger partial charge is 0.464 e. The summed E-state index contributed by atoms with van der Waals surface area (Å²) in [6, 6.07) is 10.8. The summed E-state index contributed by atoms with van der Waals surface area (Å²) in [5.74, 6) is 1.36. The first-order chi connectivity index (χ1) is 12.5. The highest BCUT2D eigenvalue weighted by atomic mass is 16.5. The van der Waals surface area contributed by atoms with Gasteiger partial charge >= 0.3 is 0 Å². The minimum atomic E-state index is -0.00603. The molecular weight excluding hydrogens is 328 g/mol. The lowest BCUT2D eigenvalue weighted by Crippen LogP contribution is -2.04. The minimum absolute atomic E-state index is 0.00603. The summed E-state index contributed by atoms with van der Waals surface area (Å²) < 4.78 is 11.2. The Bertz CT molecular complexity index is 955. The molecule has 4 heteroatoms. The van der Waals surface area contributed by atoms with Gasteiger partial charge in [-0.2, -0.15) is 0 Å². The van der Waals surface area contributed by atoms with Gasteiger partial charge in [0.1, 0.15) is 11.5 Å². The first-order valence-corrected chi connectivity index (χ1v) is 8.26. The first kappa shape index (κ1) is 16.1. The van der Waals surface area contributed by atoms with Gasteiger partial charge in [-0.15, -0.1) is 0 Å². The normalized spacial score (nSPS) is 17.0. The molecule has 0 radical (unpaired) electrons. The second-order valence-electron chi connectivity index (χ2n) is 6.20. The van der Waals surface area contributed by atoms with Crippen LogP contribution in [0.2, 0.25) is 0 Å². The Balaban J connectivity index is 1.96. The Hall–Kier alpha value is -3.40. The summed E-state index contributed by atoms with van der Waals surface area (Å²) in [5, 5.41) is 0. The van der Waals surface area contributed by atoms with Gasteiger partial charge in [0.05, 0.1) is 12.5 Å². The van der Waals surface area contributed by atoms with Crippen LogP contribution in [0.15, 0.2) is 61.1 Å². The number of rotatable bonds is 2. The zero-order chi connectivity index (χ0) is 18.3. The van der Waals surface area contributed by atoms with E-state index in [9.17, 15) is 9.59 Å². The molecule has 0 amide bonds. The number of hydrogen-bond donors (Lipinski definition) is 0. The van der Waals surface area contributed by atoms with Crippen LogP contribution in [-0.2, 0) is 0 Å². The van der Waals surface area contributed by atoms with Crippen molar-refractivity contribution in [3.8, 4) is 11.5 Å². The summed E-state index contributed by atoms with van der Waals surface area (Å²) >= 11 is 0. The van der Waals surface area contributed by atoms with Gasteiger partial charge in [0.25, 0.3) is 0 Å². The van der Waals surface area contributed by atoms with E-state index in [0.717, 1.165) is 22.3 Å². The van der Waals surface area contributed by atoms with Crippen LogP contribution >= 0.6 is 0 Å². The first-order valence-electron chi connectivity index (χ1n) is 8.26. The molecular formula is C22H16O4. The quantitative estimate of drug-likeness (QED) is 0.733. The van der Waals surface area contributed by atoms with E-state index in [-0.39, 0.29) is 11.6 Å². The molecule has 128 valence electrons. The molecule has 26 heavy (non-hydrogen) atoms. The van der Waals surface area contributed by atoms with Crippen LogP contribution in [0.3, 0.4) is 0 Å². The molecule has 0 atom stereocenters. The van der Waals surface area contributed by atoms with E-state index in [4.69, 9.17) is 9.47 Å². The predicted molar refractivity (Wildman–Crippen MR) is 99.2 cm³/mol. The van der Waals surface area contributed by atoms with Crippen LogP contribution in [0.1, 0.15) is 45.7 Å². The van der Waals surface area contributed by atoms with Crippen molar-refractivity contribution in [3.63, 3.8) is 0 Å². The molecule has 0 aromatic heterocycles. The van der Waals surface area contributed by atoms with E-state index in [0.29, 0.717) is 22.6 Å². The third-order valence-corrected chi connectivity index (χ3v) is 4.50. The van der Waals surface area contributed by atoms with Gasteiger partial charge in [0.2, 0.25) is 0 Å². The van der Waals surface area contributed by atoms with Crippen LogP contribution in [0.5, 0.6) is 11.5 Å². The molecule has 0 saturated carbocycles. The predicted octanol–water partition coefficient (Wildman–Crippen LogP) is 4.81. The van der Waals surface area contributed by atoms with Crippen molar-refractivity contribution in [1.29, 1.82) is 0 Å². The molecule has 2 aliphatic rings. The zero-order valence-electron chi connectivity index (χ0n) is 14.4. The van der Waals surface area contributed by atoms with Crippen LogP contribution in [0, 0.1) is 0 Å².